The first-order valence-electron chi connectivity index (χ1n) is 1.47. The van der Waals surface area contributed by atoms with Crippen molar-refractivity contribution < 1.29 is 21.1 Å². The van der Waals surface area contributed by atoms with Gasteiger partial charge >= 0.3 is 0 Å². The van der Waals surface area contributed by atoms with Crippen LogP contribution in [-0.4, -0.2) is 0 Å². The van der Waals surface area contributed by atoms with Gasteiger partial charge in [-0.15, -0.1) is 0 Å². The van der Waals surface area contributed by atoms with Gasteiger partial charge in [0.05, 0.1) is 0 Å². The van der Waals surface area contributed by atoms with Crippen LogP contribution < -0.4 is 0 Å². The van der Waals surface area contributed by atoms with Crippen LogP contribution in [0.2, 0.25) is 0 Å². The largest absolute Gasteiger partial charge is 0.152 e. The summed E-state index contributed by atoms with van der Waals surface area (Å²) in [6.07, 6.45) is 0. The van der Waals surface area contributed by atoms with Gasteiger partial charge in [-0.05, 0) is 10.8 Å². The van der Waals surface area contributed by atoms with Crippen molar-refractivity contribution >= 4 is 11.3 Å². The summed E-state index contributed by atoms with van der Waals surface area (Å²) in [6.45, 7) is 0. The summed E-state index contributed by atoms with van der Waals surface area (Å²) in [4.78, 5) is 0. The smallest absolute Gasteiger partial charge is 0 e. The molecule has 1 aromatic rings. The molecule has 1 heterocycles. The third-order valence-electron chi connectivity index (χ3n) is 0.425. The Labute approximate surface area is 55.5 Å². The van der Waals surface area contributed by atoms with E-state index in [9.17, 15) is 0 Å². The molecule has 6 heavy (non-hydrogen) atoms. The molecular formula is C4H4PtS. The summed E-state index contributed by atoms with van der Waals surface area (Å²) >= 11 is 1.71. The van der Waals surface area contributed by atoms with E-state index >= 15 is 0 Å². The molecule has 0 N–H and O–H groups in total. The summed E-state index contributed by atoms with van der Waals surface area (Å²) in [7, 11) is 0. The Bertz CT molecular complexity index is 64.0. The molecule has 0 atom stereocenters. The fraction of sp³-hybridized carbons (Fsp3) is 0. The van der Waals surface area contributed by atoms with Gasteiger partial charge in [-0.3, -0.25) is 0 Å². The molecule has 0 saturated carbocycles. The molecule has 1 aromatic heterocycles. The minimum Gasteiger partial charge on any atom is -0.152 e. The van der Waals surface area contributed by atoms with Crippen LogP contribution in [0.1, 0.15) is 0 Å². The summed E-state index contributed by atoms with van der Waals surface area (Å²) in [5.74, 6) is 0. The van der Waals surface area contributed by atoms with E-state index in [2.05, 4.69) is 0 Å². The van der Waals surface area contributed by atoms with Gasteiger partial charge in [0.1, 0.15) is 0 Å². The third kappa shape index (κ3) is 1.74. The average Bonchev–Trinajstić information content (AvgIpc) is 1.76. The molecule has 0 fully saturated rings. The molecule has 0 aliphatic rings. The maximum Gasteiger partial charge on any atom is 0 e. The van der Waals surface area contributed by atoms with Crippen molar-refractivity contribution in [3.8, 4) is 0 Å². The van der Waals surface area contributed by atoms with E-state index in [1.54, 1.807) is 11.3 Å². The van der Waals surface area contributed by atoms with Gasteiger partial charge in [0.15, 0.2) is 0 Å². The van der Waals surface area contributed by atoms with Gasteiger partial charge in [-0.1, -0.05) is 12.1 Å². The fourth-order valence-electron chi connectivity index (χ4n) is 0.227. The first-order valence-corrected chi connectivity index (χ1v) is 2.41. The van der Waals surface area contributed by atoms with Crippen molar-refractivity contribution in [2.24, 2.45) is 0 Å². The molecule has 0 amide bonds. The second kappa shape index (κ2) is 3.57. The number of thiophene rings is 1. The molecule has 0 spiro atoms. The van der Waals surface area contributed by atoms with E-state index < -0.39 is 0 Å². The molecule has 0 radical (unpaired) electrons. The van der Waals surface area contributed by atoms with E-state index in [0.29, 0.717) is 0 Å². The van der Waals surface area contributed by atoms with Crippen LogP contribution in [0.4, 0.5) is 0 Å². The minimum atomic E-state index is 0. The SMILES string of the molecule is [Pt].c1ccsc1. The maximum atomic E-state index is 2.04. The van der Waals surface area contributed by atoms with Gasteiger partial charge in [0.2, 0.25) is 0 Å². The number of rotatable bonds is 0. The van der Waals surface area contributed by atoms with Crippen molar-refractivity contribution in [3.05, 3.63) is 22.9 Å². The van der Waals surface area contributed by atoms with Crippen LogP contribution in [0.25, 0.3) is 0 Å². The molecule has 2 heteroatoms. The molecule has 0 bridgehead atoms. The average molecular weight is 279 g/mol. The van der Waals surface area contributed by atoms with E-state index in [1.165, 1.54) is 0 Å². The number of hydrogen-bond acceptors (Lipinski definition) is 1. The molecule has 0 unspecified atom stereocenters. The summed E-state index contributed by atoms with van der Waals surface area (Å²) < 4.78 is 0. The first kappa shape index (κ1) is 6.39. The van der Waals surface area contributed by atoms with Crippen LogP contribution in [0.3, 0.4) is 0 Å². The van der Waals surface area contributed by atoms with E-state index in [1.807, 2.05) is 22.9 Å². The molecule has 0 nitrogen and oxygen atoms in total. The molecule has 0 aliphatic heterocycles. The van der Waals surface area contributed by atoms with Gasteiger partial charge in [0, 0.05) is 21.1 Å². The van der Waals surface area contributed by atoms with Crippen molar-refractivity contribution in [1.82, 2.24) is 0 Å². The Kier molecular flexibility index (Phi) is 3.81. The van der Waals surface area contributed by atoms with Crippen molar-refractivity contribution in [1.29, 1.82) is 0 Å². The fourth-order valence-corrected chi connectivity index (χ4v) is 0.680. The van der Waals surface area contributed by atoms with E-state index in [4.69, 9.17) is 0 Å². The van der Waals surface area contributed by atoms with Crippen LogP contribution in [0.5, 0.6) is 0 Å². The summed E-state index contributed by atoms with van der Waals surface area (Å²) in [5.41, 5.74) is 0. The molecule has 0 aromatic carbocycles. The molecular weight excluding hydrogens is 275 g/mol. The quantitative estimate of drug-likeness (QED) is 0.678. The maximum absolute atomic E-state index is 2.04. The van der Waals surface area contributed by atoms with Crippen molar-refractivity contribution in [3.63, 3.8) is 0 Å². The van der Waals surface area contributed by atoms with Crippen LogP contribution in [-0.2, 0) is 21.1 Å². The van der Waals surface area contributed by atoms with Gasteiger partial charge in [-0.2, -0.15) is 11.3 Å². The first-order chi connectivity index (χ1) is 2.50. The minimum absolute atomic E-state index is 0. The predicted molar refractivity (Wildman–Crippen MR) is 24.3 cm³/mol. The number of hydrogen-bond donors (Lipinski definition) is 0. The molecule has 36 valence electrons. The van der Waals surface area contributed by atoms with Crippen LogP contribution in [0.15, 0.2) is 22.9 Å². The normalized spacial score (nSPS) is 6.67. The van der Waals surface area contributed by atoms with Crippen molar-refractivity contribution in [2.45, 2.75) is 0 Å². The zero-order valence-electron chi connectivity index (χ0n) is 3.03. The zero-order chi connectivity index (χ0) is 3.54. The Morgan fingerprint density at radius 2 is 1.50 bits per heavy atom. The summed E-state index contributed by atoms with van der Waals surface area (Å²) in [6, 6.07) is 4.04. The Balaban J connectivity index is 0.000000250. The standard InChI is InChI=1S/C4H4S.Pt/c1-2-4-5-3-1;/h1-4H;. The Morgan fingerprint density at radius 1 is 1.00 bits per heavy atom. The molecule has 1 rings (SSSR count). The predicted octanol–water partition coefficient (Wildman–Crippen LogP) is 1.75. The van der Waals surface area contributed by atoms with Crippen LogP contribution in [0, 0.1) is 0 Å². The van der Waals surface area contributed by atoms with Gasteiger partial charge in [0.25, 0.3) is 0 Å². The van der Waals surface area contributed by atoms with Crippen molar-refractivity contribution in [2.75, 3.05) is 0 Å². The van der Waals surface area contributed by atoms with E-state index in [0.717, 1.165) is 0 Å². The summed E-state index contributed by atoms with van der Waals surface area (Å²) in [5, 5.41) is 4.08. The third-order valence-corrected chi connectivity index (χ3v) is 1.05. The monoisotopic (exact) mass is 279 g/mol. The Hall–Kier alpha value is 0.388. The Morgan fingerprint density at radius 3 is 1.67 bits per heavy atom. The van der Waals surface area contributed by atoms with Crippen LogP contribution >= 0.6 is 11.3 Å². The zero-order valence-corrected chi connectivity index (χ0v) is 6.12. The van der Waals surface area contributed by atoms with Gasteiger partial charge in [-0.25, -0.2) is 0 Å². The second-order valence-electron chi connectivity index (χ2n) is 0.793. The topological polar surface area (TPSA) is 0 Å². The second-order valence-corrected chi connectivity index (χ2v) is 1.61. The van der Waals surface area contributed by atoms with Gasteiger partial charge < -0.3 is 0 Å². The van der Waals surface area contributed by atoms with E-state index in [-0.39, 0.29) is 21.1 Å². The molecule has 0 saturated heterocycles. The molecule has 0 aliphatic carbocycles.